The Balaban J connectivity index is 2.39. The zero-order valence-corrected chi connectivity index (χ0v) is 12.3. The first-order valence-corrected chi connectivity index (χ1v) is 7.49. The summed E-state index contributed by atoms with van der Waals surface area (Å²) in [6.07, 6.45) is 0.913. The molecule has 0 bridgehead atoms. The van der Waals surface area contributed by atoms with E-state index in [2.05, 4.69) is 22.9 Å². The molecule has 0 spiro atoms. The van der Waals surface area contributed by atoms with E-state index < -0.39 is 0 Å². The van der Waals surface area contributed by atoms with Gasteiger partial charge in [0.05, 0.1) is 13.5 Å². The summed E-state index contributed by atoms with van der Waals surface area (Å²) < 4.78 is 1.05. The Bertz CT molecular complexity index is 505. The molecule has 0 amide bonds. The summed E-state index contributed by atoms with van der Waals surface area (Å²) in [5, 5.41) is 1.99. The topological polar surface area (TPSA) is 17.1 Å². The maximum Gasteiger partial charge on any atom is 0.213 e. The summed E-state index contributed by atoms with van der Waals surface area (Å²) in [7, 11) is 0. The Morgan fingerprint density at radius 1 is 1.50 bits per heavy atom. The van der Waals surface area contributed by atoms with Crippen LogP contribution in [0.4, 0.5) is 0 Å². The van der Waals surface area contributed by atoms with Crippen molar-refractivity contribution < 1.29 is 4.79 Å². The predicted molar refractivity (Wildman–Crippen MR) is 73.9 cm³/mol. The molecule has 0 fully saturated rings. The second kappa shape index (κ2) is 4.82. The molecule has 2 rings (SSSR count). The molecular formula is C12H11BrOS2. The third-order valence-corrected chi connectivity index (χ3v) is 5.51. The van der Waals surface area contributed by atoms with E-state index in [-0.39, 0.29) is 5.78 Å². The van der Waals surface area contributed by atoms with Crippen LogP contribution in [0, 0.1) is 6.92 Å². The summed E-state index contributed by atoms with van der Waals surface area (Å²) in [5.41, 5.74) is 2.28. The highest BCUT2D eigenvalue weighted by Crippen LogP contribution is 2.31. The number of rotatable bonds is 3. The van der Waals surface area contributed by atoms with E-state index in [1.807, 2.05) is 24.4 Å². The van der Waals surface area contributed by atoms with Crippen molar-refractivity contribution in [1.82, 2.24) is 0 Å². The SMILES string of the molecule is CCc1ccsc1C(=O)c1cc(C)c(Br)s1. The molecule has 0 unspecified atom stereocenters. The first-order valence-electron chi connectivity index (χ1n) is 5.00. The number of thiophene rings is 2. The average molecular weight is 315 g/mol. The van der Waals surface area contributed by atoms with Crippen LogP contribution in [0.15, 0.2) is 21.3 Å². The molecule has 0 saturated heterocycles. The lowest BCUT2D eigenvalue weighted by atomic mass is 10.1. The molecule has 0 saturated carbocycles. The fourth-order valence-corrected chi connectivity index (χ4v) is 3.99. The Kier molecular flexibility index (Phi) is 3.62. The fourth-order valence-electron chi connectivity index (χ4n) is 1.50. The van der Waals surface area contributed by atoms with Gasteiger partial charge in [0.15, 0.2) is 0 Å². The van der Waals surface area contributed by atoms with Crippen LogP contribution in [0.5, 0.6) is 0 Å². The van der Waals surface area contributed by atoms with Crippen molar-refractivity contribution in [2.45, 2.75) is 20.3 Å². The molecular weight excluding hydrogens is 304 g/mol. The summed E-state index contributed by atoms with van der Waals surface area (Å²) in [4.78, 5) is 14.0. The Hall–Kier alpha value is -0.450. The van der Waals surface area contributed by atoms with Gasteiger partial charge in [-0.1, -0.05) is 6.92 Å². The van der Waals surface area contributed by atoms with E-state index in [0.29, 0.717) is 0 Å². The van der Waals surface area contributed by atoms with Gasteiger partial charge in [0.2, 0.25) is 5.78 Å². The molecule has 1 nitrogen and oxygen atoms in total. The number of hydrogen-bond donors (Lipinski definition) is 0. The van der Waals surface area contributed by atoms with E-state index in [4.69, 9.17) is 0 Å². The van der Waals surface area contributed by atoms with Gasteiger partial charge in [0.25, 0.3) is 0 Å². The molecule has 0 N–H and O–H groups in total. The van der Waals surface area contributed by atoms with Crippen molar-refractivity contribution in [1.29, 1.82) is 0 Å². The normalized spacial score (nSPS) is 10.7. The Labute approximate surface area is 111 Å². The number of aryl methyl sites for hydroxylation is 2. The largest absolute Gasteiger partial charge is 0.287 e. The van der Waals surface area contributed by atoms with Gasteiger partial charge in [0, 0.05) is 0 Å². The van der Waals surface area contributed by atoms with Crippen molar-refractivity contribution in [2.24, 2.45) is 0 Å². The molecule has 0 radical (unpaired) electrons. The van der Waals surface area contributed by atoms with Crippen molar-refractivity contribution >= 4 is 44.4 Å². The average Bonchev–Trinajstić information content (AvgIpc) is 2.85. The summed E-state index contributed by atoms with van der Waals surface area (Å²) >= 11 is 6.50. The van der Waals surface area contributed by atoms with Crippen LogP contribution in [0.1, 0.15) is 32.6 Å². The lowest BCUT2D eigenvalue weighted by Gasteiger charge is -1.97. The van der Waals surface area contributed by atoms with E-state index in [1.165, 1.54) is 22.7 Å². The van der Waals surface area contributed by atoms with Crippen LogP contribution >= 0.6 is 38.6 Å². The highest BCUT2D eigenvalue weighted by atomic mass is 79.9. The molecule has 0 aromatic carbocycles. The number of hydrogen-bond acceptors (Lipinski definition) is 3. The summed E-state index contributed by atoms with van der Waals surface area (Å²) in [6.45, 7) is 4.08. The van der Waals surface area contributed by atoms with Gasteiger partial charge < -0.3 is 0 Å². The maximum absolute atomic E-state index is 12.3. The minimum Gasteiger partial charge on any atom is -0.287 e. The minimum absolute atomic E-state index is 0.158. The third-order valence-electron chi connectivity index (χ3n) is 2.41. The third kappa shape index (κ3) is 2.14. The first kappa shape index (κ1) is 12.0. The Morgan fingerprint density at radius 3 is 2.81 bits per heavy atom. The van der Waals surface area contributed by atoms with Gasteiger partial charge >= 0.3 is 0 Å². The van der Waals surface area contributed by atoms with Crippen LogP contribution in [-0.2, 0) is 6.42 Å². The van der Waals surface area contributed by atoms with Crippen LogP contribution in [-0.4, -0.2) is 5.78 Å². The maximum atomic E-state index is 12.3. The predicted octanol–water partition coefficient (Wildman–Crippen LogP) is 4.67. The Morgan fingerprint density at radius 2 is 2.25 bits per heavy atom. The molecule has 84 valence electrons. The molecule has 0 aliphatic heterocycles. The standard InChI is InChI=1S/C12H11BrOS2/c1-3-8-4-5-15-11(8)10(14)9-6-7(2)12(13)16-9/h4-6H,3H2,1-2H3. The van der Waals surface area contributed by atoms with Gasteiger partial charge in [-0.15, -0.1) is 22.7 Å². The molecule has 2 aromatic heterocycles. The van der Waals surface area contributed by atoms with E-state index in [1.54, 1.807) is 0 Å². The molecule has 0 aliphatic carbocycles. The van der Waals surface area contributed by atoms with E-state index >= 15 is 0 Å². The monoisotopic (exact) mass is 314 g/mol. The van der Waals surface area contributed by atoms with Crippen LogP contribution in [0.25, 0.3) is 0 Å². The smallest absolute Gasteiger partial charge is 0.213 e. The first-order chi connectivity index (χ1) is 7.63. The van der Waals surface area contributed by atoms with Crippen molar-refractivity contribution in [3.8, 4) is 0 Å². The molecule has 4 heteroatoms. The van der Waals surface area contributed by atoms with Crippen molar-refractivity contribution in [2.75, 3.05) is 0 Å². The lowest BCUT2D eigenvalue weighted by molar-refractivity contribution is 0.104. The van der Waals surface area contributed by atoms with Gasteiger partial charge in [0.1, 0.15) is 0 Å². The number of carbonyl (C=O) groups excluding carboxylic acids is 1. The minimum atomic E-state index is 0.158. The van der Waals surface area contributed by atoms with Gasteiger partial charge in [-0.05, 0) is 57.9 Å². The summed E-state index contributed by atoms with van der Waals surface area (Å²) in [5.74, 6) is 0.158. The van der Waals surface area contributed by atoms with Crippen LogP contribution in [0.2, 0.25) is 0 Å². The van der Waals surface area contributed by atoms with Crippen molar-refractivity contribution in [3.63, 3.8) is 0 Å². The molecule has 2 aromatic rings. The highest BCUT2D eigenvalue weighted by Gasteiger charge is 2.17. The van der Waals surface area contributed by atoms with Crippen LogP contribution < -0.4 is 0 Å². The van der Waals surface area contributed by atoms with E-state index in [9.17, 15) is 4.79 Å². The quantitative estimate of drug-likeness (QED) is 0.752. The van der Waals surface area contributed by atoms with Gasteiger partial charge in [-0.3, -0.25) is 4.79 Å². The molecule has 0 atom stereocenters. The number of carbonyl (C=O) groups is 1. The lowest BCUT2D eigenvalue weighted by Crippen LogP contribution is -1.98. The van der Waals surface area contributed by atoms with Crippen LogP contribution in [0.3, 0.4) is 0 Å². The second-order valence-electron chi connectivity index (χ2n) is 3.53. The van der Waals surface area contributed by atoms with Gasteiger partial charge in [-0.25, -0.2) is 0 Å². The summed E-state index contributed by atoms with van der Waals surface area (Å²) in [6, 6.07) is 3.99. The molecule has 16 heavy (non-hydrogen) atoms. The second-order valence-corrected chi connectivity index (χ2v) is 6.81. The molecule has 0 aliphatic rings. The molecule has 2 heterocycles. The van der Waals surface area contributed by atoms with Crippen molar-refractivity contribution in [3.05, 3.63) is 42.2 Å². The number of halogens is 1. The zero-order valence-electron chi connectivity index (χ0n) is 9.04. The van der Waals surface area contributed by atoms with Gasteiger partial charge in [-0.2, -0.15) is 0 Å². The number of ketones is 1. The zero-order chi connectivity index (χ0) is 11.7. The van der Waals surface area contributed by atoms with E-state index in [0.717, 1.165) is 31.1 Å². The fraction of sp³-hybridized carbons (Fsp3) is 0.250. The highest BCUT2D eigenvalue weighted by molar-refractivity contribution is 9.11.